The van der Waals surface area contributed by atoms with Gasteiger partial charge in [0.2, 0.25) is 0 Å². The first kappa shape index (κ1) is 13.6. The molecule has 0 fully saturated rings. The highest BCUT2D eigenvalue weighted by Crippen LogP contribution is 2.25. The molecular weight excluding hydrogens is 242 g/mol. The predicted molar refractivity (Wildman–Crippen MR) is 74.9 cm³/mol. The van der Waals surface area contributed by atoms with Gasteiger partial charge in [-0.3, -0.25) is 4.79 Å². The van der Waals surface area contributed by atoms with Crippen molar-refractivity contribution in [1.82, 2.24) is 5.32 Å². The molecule has 0 aliphatic rings. The van der Waals surface area contributed by atoms with Crippen LogP contribution in [-0.2, 0) is 0 Å². The fourth-order valence-electron chi connectivity index (χ4n) is 1.85. The molecule has 1 heterocycles. The molecule has 2 rings (SSSR count). The summed E-state index contributed by atoms with van der Waals surface area (Å²) in [4.78, 5) is 11.6. The molecule has 0 amide bonds. The van der Waals surface area contributed by atoms with Gasteiger partial charge >= 0.3 is 0 Å². The number of nitrogens with one attached hydrogen (secondary N) is 1. The molecule has 2 aromatic rings. The molecule has 0 spiro atoms. The van der Waals surface area contributed by atoms with Crippen molar-refractivity contribution in [2.75, 3.05) is 20.2 Å². The third-order valence-corrected chi connectivity index (χ3v) is 2.93. The van der Waals surface area contributed by atoms with Crippen LogP contribution >= 0.6 is 0 Å². The number of hydrogen-bond acceptors (Lipinski definition) is 4. The minimum Gasteiger partial charge on any atom is -0.493 e. The molecule has 0 radical (unpaired) electrons. The molecule has 4 nitrogen and oxygen atoms in total. The summed E-state index contributed by atoms with van der Waals surface area (Å²) >= 11 is 0. The number of ether oxygens (including phenoxy) is 1. The first-order valence-electron chi connectivity index (χ1n) is 6.58. The lowest BCUT2D eigenvalue weighted by molar-refractivity contribution is 0.0963. The number of carbonyl (C=O) groups excluding carboxylic acids is 1. The average Bonchev–Trinajstić information content (AvgIpc) is 2.85. The van der Waals surface area contributed by atoms with Gasteiger partial charge in [-0.05, 0) is 38.2 Å². The Bertz CT molecular complexity index is 560. The highest BCUT2D eigenvalue weighted by atomic mass is 16.5. The topological polar surface area (TPSA) is 51.5 Å². The molecule has 102 valence electrons. The van der Waals surface area contributed by atoms with Gasteiger partial charge in [0.05, 0.1) is 6.61 Å². The molecule has 0 unspecified atom stereocenters. The maximum Gasteiger partial charge on any atom is 0.197 e. The van der Waals surface area contributed by atoms with E-state index in [9.17, 15) is 4.79 Å². The van der Waals surface area contributed by atoms with E-state index in [0.29, 0.717) is 24.4 Å². The van der Waals surface area contributed by atoms with Crippen LogP contribution in [0.3, 0.4) is 0 Å². The Morgan fingerprint density at radius 2 is 2.21 bits per heavy atom. The zero-order valence-electron chi connectivity index (χ0n) is 11.4. The number of fused-ring (bicyclic) bond motifs is 1. The van der Waals surface area contributed by atoms with E-state index in [-0.39, 0.29) is 5.78 Å². The molecule has 0 aliphatic carbocycles. The summed E-state index contributed by atoms with van der Waals surface area (Å²) in [7, 11) is 1.92. The average molecular weight is 261 g/mol. The summed E-state index contributed by atoms with van der Waals surface area (Å²) in [5.74, 6) is 1.21. The lowest BCUT2D eigenvalue weighted by Gasteiger charge is -2.05. The summed E-state index contributed by atoms with van der Waals surface area (Å²) in [5, 5.41) is 4.00. The van der Waals surface area contributed by atoms with Gasteiger partial charge in [-0.1, -0.05) is 6.92 Å². The highest BCUT2D eigenvalue weighted by Gasteiger charge is 2.10. The molecule has 0 saturated carbocycles. The number of rotatable bonds is 7. The van der Waals surface area contributed by atoms with Crippen molar-refractivity contribution in [3.63, 3.8) is 0 Å². The Hall–Kier alpha value is -1.81. The zero-order chi connectivity index (χ0) is 13.7. The second kappa shape index (κ2) is 6.38. The Balaban J connectivity index is 2.09. The van der Waals surface area contributed by atoms with E-state index < -0.39 is 0 Å². The van der Waals surface area contributed by atoms with E-state index in [2.05, 4.69) is 5.32 Å². The molecule has 1 N–H and O–H groups in total. The van der Waals surface area contributed by atoms with Crippen LogP contribution in [0.5, 0.6) is 5.75 Å². The van der Waals surface area contributed by atoms with Crippen molar-refractivity contribution in [2.24, 2.45) is 0 Å². The van der Waals surface area contributed by atoms with E-state index in [1.807, 2.05) is 32.2 Å². The maximum absolute atomic E-state index is 11.6. The van der Waals surface area contributed by atoms with Crippen LogP contribution in [0.1, 0.15) is 30.3 Å². The molecular formula is C15H19NO3. The second-order valence-electron chi connectivity index (χ2n) is 4.39. The Labute approximate surface area is 112 Å². The number of furan rings is 1. The van der Waals surface area contributed by atoms with Gasteiger partial charge in [-0.15, -0.1) is 0 Å². The fraction of sp³-hybridized carbons (Fsp3) is 0.400. The number of ketones is 1. The van der Waals surface area contributed by atoms with E-state index in [0.717, 1.165) is 24.1 Å². The van der Waals surface area contributed by atoms with Crippen molar-refractivity contribution in [3.8, 4) is 5.75 Å². The van der Waals surface area contributed by atoms with Crippen LogP contribution in [0.15, 0.2) is 28.7 Å². The Morgan fingerprint density at radius 1 is 1.37 bits per heavy atom. The molecule has 1 aromatic heterocycles. The summed E-state index contributed by atoms with van der Waals surface area (Å²) in [5.41, 5.74) is 0.697. The molecule has 0 aliphatic heterocycles. The first-order valence-corrected chi connectivity index (χ1v) is 6.58. The van der Waals surface area contributed by atoms with Crippen molar-refractivity contribution >= 4 is 16.8 Å². The van der Waals surface area contributed by atoms with Gasteiger partial charge in [0, 0.05) is 17.9 Å². The number of hydrogen-bond donors (Lipinski definition) is 1. The van der Waals surface area contributed by atoms with Gasteiger partial charge < -0.3 is 14.5 Å². The smallest absolute Gasteiger partial charge is 0.197 e. The quantitative estimate of drug-likeness (QED) is 0.615. The van der Waals surface area contributed by atoms with Crippen LogP contribution in [-0.4, -0.2) is 26.0 Å². The first-order chi connectivity index (χ1) is 9.24. The Morgan fingerprint density at radius 3 is 2.95 bits per heavy atom. The SMILES string of the molecule is CCC(=O)c1cc2ccc(OCCCNC)cc2o1. The van der Waals surface area contributed by atoms with Crippen molar-refractivity contribution in [2.45, 2.75) is 19.8 Å². The third-order valence-electron chi connectivity index (χ3n) is 2.93. The number of carbonyl (C=O) groups is 1. The van der Waals surface area contributed by atoms with E-state index >= 15 is 0 Å². The van der Waals surface area contributed by atoms with Gasteiger partial charge in [0.25, 0.3) is 0 Å². The van der Waals surface area contributed by atoms with Crippen LogP contribution in [0.25, 0.3) is 11.0 Å². The fourth-order valence-corrected chi connectivity index (χ4v) is 1.85. The largest absolute Gasteiger partial charge is 0.493 e. The van der Waals surface area contributed by atoms with E-state index in [1.165, 1.54) is 0 Å². The molecule has 0 bridgehead atoms. The third kappa shape index (κ3) is 3.35. The van der Waals surface area contributed by atoms with Gasteiger partial charge in [-0.2, -0.15) is 0 Å². The minimum absolute atomic E-state index is 0.0210. The van der Waals surface area contributed by atoms with E-state index in [1.54, 1.807) is 6.07 Å². The zero-order valence-corrected chi connectivity index (χ0v) is 11.4. The standard InChI is InChI=1S/C15H19NO3/c1-3-13(17)15-9-11-5-6-12(10-14(11)19-15)18-8-4-7-16-2/h5-6,9-10,16H,3-4,7-8H2,1-2H3. The van der Waals surface area contributed by atoms with Crippen LogP contribution < -0.4 is 10.1 Å². The molecule has 4 heteroatoms. The number of benzene rings is 1. The monoisotopic (exact) mass is 261 g/mol. The lowest BCUT2D eigenvalue weighted by Crippen LogP contribution is -2.11. The van der Waals surface area contributed by atoms with Crippen molar-refractivity contribution in [3.05, 3.63) is 30.0 Å². The molecule has 0 saturated heterocycles. The van der Waals surface area contributed by atoms with Crippen LogP contribution in [0.2, 0.25) is 0 Å². The summed E-state index contributed by atoms with van der Waals surface area (Å²) in [6.07, 6.45) is 1.40. The predicted octanol–water partition coefficient (Wildman–Crippen LogP) is 3.01. The van der Waals surface area contributed by atoms with Gasteiger partial charge in [-0.25, -0.2) is 0 Å². The minimum atomic E-state index is 0.0210. The van der Waals surface area contributed by atoms with Crippen molar-refractivity contribution < 1.29 is 13.9 Å². The van der Waals surface area contributed by atoms with Crippen LogP contribution in [0.4, 0.5) is 0 Å². The Kier molecular flexibility index (Phi) is 4.58. The van der Waals surface area contributed by atoms with Crippen molar-refractivity contribution in [1.29, 1.82) is 0 Å². The second-order valence-corrected chi connectivity index (χ2v) is 4.39. The normalized spacial score (nSPS) is 10.8. The maximum atomic E-state index is 11.6. The molecule has 19 heavy (non-hydrogen) atoms. The summed E-state index contributed by atoms with van der Waals surface area (Å²) in [6, 6.07) is 7.43. The van der Waals surface area contributed by atoms with Gasteiger partial charge in [0.1, 0.15) is 11.3 Å². The summed E-state index contributed by atoms with van der Waals surface area (Å²) < 4.78 is 11.2. The number of Topliss-reactive ketones (excluding diaryl/α,β-unsaturated/α-hetero) is 1. The summed E-state index contributed by atoms with van der Waals surface area (Å²) in [6.45, 7) is 3.41. The lowest BCUT2D eigenvalue weighted by atomic mass is 10.2. The van der Waals surface area contributed by atoms with E-state index in [4.69, 9.17) is 9.15 Å². The van der Waals surface area contributed by atoms with Gasteiger partial charge in [0.15, 0.2) is 11.5 Å². The highest BCUT2D eigenvalue weighted by molar-refractivity contribution is 5.97. The molecule has 1 aromatic carbocycles. The van der Waals surface area contributed by atoms with Crippen LogP contribution in [0, 0.1) is 0 Å². The molecule has 0 atom stereocenters.